The predicted molar refractivity (Wildman–Crippen MR) is 83.8 cm³/mol. The van der Waals surface area contributed by atoms with E-state index in [9.17, 15) is 0 Å². The van der Waals surface area contributed by atoms with Crippen LogP contribution in [0.15, 0.2) is 18.2 Å². The van der Waals surface area contributed by atoms with Gasteiger partial charge in [0.2, 0.25) is 0 Å². The third-order valence-corrected chi connectivity index (χ3v) is 5.04. The molecule has 1 N–H and O–H groups in total. The Hall–Kier alpha value is -0.820. The van der Waals surface area contributed by atoms with E-state index in [0.29, 0.717) is 16.9 Å². The maximum absolute atomic E-state index is 3.42. The van der Waals surface area contributed by atoms with Gasteiger partial charge in [0.05, 0.1) is 0 Å². The zero-order valence-electron chi connectivity index (χ0n) is 13.4. The molecule has 0 spiro atoms. The first-order chi connectivity index (χ1) is 8.81. The minimum atomic E-state index is 0.312. The fraction of sp³-hybridized carbons (Fsp3) is 0.667. The van der Waals surface area contributed by atoms with E-state index in [0.717, 1.165) is 6.42 Å². The largest absolute Gasteiger partial charge is 0.313 e. The number of fused-ring (bicyclic) bond motifs is 1. The van der Waals surface area contributed by atoms with Crippen molar-refractivity contribution in [1.29, 1.82) is 0 Å². The molecule has 0 heterocycles. The topological polar surface area (TPSA) is 12.0 Å². The summed E-state index contributed by atoms with van der Waals surface area (Å²) in [7, 11) is 2.06. The Kier molecular flexibility index (Phi) is 3.79. The Bertz CT molecular complexity index is 453. The minimum Gasteiger partial charge on any atom is -0.313 e. The van der Waals surface area contributed by atoms with Gasteiger partial charge in [-0.05, 0) is 53.8 Å². The van der Waals surface area contributed by atoms with E-state index >= 15 is 0 Å². The monoisotopic (exact) mass is 259 g/mol. The van der Waals surface area contributed by atoms with E-state index in [2.05, 4.69) is 65.2 Å². The quantitative estimate of drug-likeness (QED) is 0.829. The zero-order valence-corrected chi connectivity index (χ0v) is 13.4. The molecule has 1 nitrogen and oxygen atoms in total. The molecule has 0 bridgehead atoms. The van der Waals surface area contributed by atoms with Crippen molar-refractivity contribution >= 4 is 0 Å². The Morgan fingerprint density at radius 1 is 1.05 bits per heavy atom. The summed E-state index contributed by atoms with van der Waals surface area (Å²) in [4.78, 5) is 0. The molecule has 0 amide bonds. The molecule has 1 aliphatic rings. The lowest BCUT2D eigenvalue weighted by Crippen LogP contribution is -2.34. The van der Waals surface area contributed by atoms with Crippen LogP contribution >= 0.6 is 0 Å². The van der Waals surface area contributed by atoms with E-state index < -0.39 is 0 Å². The molecule has 1 atom stereocenters. The highest BCUT2D eigenvalue weighted by Gasteiger charge is 2.37. The maximum Gasteiger partial charge on any atom is 0.0314 e. The van der Waals surface area contributed by atoms with Crippen LogP contribution in [0.5, 0.6) is 0 Å². The average molecular weight is 259 g/mol. The molecule has 0 aromatic heterocycles. The van der Waals surface area contributed by atoms with Crippen LogP contribution in [0.2, 0.25) is 0 Å². The van der Waals surface area contributed by atoms with Gasteiger partial charge < -0.3 is 5.32 Å². The van der Waals surface area contributed by atoms with Crippen LogP contribution in [-0.4, -0.2) is 7.05 Å². The average Bonchev–Trinajstić information content (AvgIpc) is 2.37. The number of nitrogens with one attached hydrogen (secondary N) is 1. The van der Waals surface area contributed by atoms with E-state index in [4.69, 9.17) is 0 Å². The molecule has 1 unspecified atom stereocenters. The summed E-state index contributed by atoms with van der Waals surface area (Å²) in [6.45, 7) is 11.8. The highest BCUT2D eigenvalue weighted by Crippen LogP contribution is 2.46. The molecule has 106 valence electrons. The third-order valence-electron chi connectivity index (χ3n) is 5.04. The van der Waals surface area contributed by atoms with Crippen molar-refractivity contribution in [3.8, 4) is 0 Å². The number of hydrogen-bond acceptors (Lipinski definition) is 1. The Balaban J connectivity index is 2.53. The second-order valence-corrected chi connectivity index (χ2v) is 7.32. The van der Waals surface area contributed by atoms with Crippen molar-refractivity contribution in [3.05, 3.63) is 34.9 Å². The van der Waals surface area contributed by atoms with Crippen molar-refractivity contribution < 1.29 is 0 Å². The summed E-state index contributed by atoms with van der Waals surface area (Å²) in [6.07, 6.45) is 3.71. The molecular formula is C18H29N. The van der Waals surface area contributed by atoms with Crippen LogP contribution in [0, 0.1) is 0 Å². The smallest absolute Gasteiger partial charge is 0.0314 e. The number of benzene rings is 1. The summed E-state index contributed by atoms with van der Waals surface area (Å²) >= 11 is 0. The van der Waals surface area contributed by atoms with E-state index in [1.807, 2.05) is 0 Å². The van der Waals surface area contributed by atoms with Gasteiger partial charge in [-0.1, -0.05) is 52.8 Å². The van der Waals surface area contributed by atoms with Crippen molar-refractivity contribution in [2.75, 3.05) is 7.05 Å². The molecule has 0 saturated heterocycles. The number of hydrogen-bond donors (Lipinski definition) is 1. The summed E-state index contributed by atoms with van der Waals surface area (Å²) in [5.74, 6) is 0. The lowest BCUT2D eigenvalue weighted by Gasteiger charge is -2.42. The molecule has 0 saturated carbocycles. The van der Waals surface area contributed by atoms with Crippen molar-refractivity contribution in [3.63, 3.8) is 0 Å². The lowest BCUT2D eigenvalue weighted by molar-refractivity contribution is 0.331. The van der Waals surface area contributed by atoms with Gasteiger partial charge in [0, 0.05) is 6.04 Å². The summed E-state index contributed by atoms with van der Waals surface area (Å²) < 4.78 is 0. The highest BCUT2D eigenvalue weighted by atomic mass is 14.9. The molecule has 1 aromatic rings. The maximum atomic E-state index is 3.42. The molecule has 2 rings (SSSR count). The molecule has 0 aliphatic heterocycles. The van der Waals surface area contributed by atoms with Gasteiger partial charge in [-0.15, -0.1) is 0 Å². The van der Waals surface area contributed by atoms with Gasteiger partial charge in [-0.2, -0.15) is 0 Å². The predicted octanol–water partition coefficient (Wildman–Crippen LogP) is 4.71. The van der Waals surface area contributed by atoms with Gasteiger partial charge in [0.25, 0.3) is 0 Å². The standard InChI is InChI=1S/C18H29N/c1-7-16(19-6)13-8-9-14-15(12-13)18(4,5)11-10-17(14,2)3/h8-9,12,16,19H,7,10-11H2,1-6H3. The van der Waals surface area contributed by atoms with Crippen LogP contribution < -0.4 is 5.32 Å². The van der Waals surface area contributed by atoms with Crippen LogP contribution in [0.25, 0.3) is 0 Å². The van der Waals surface area contributed by atoms with Gasteiger partial charge in [0.15, 0.2) is 0 Å². The van der Waals surface area contributed by atoms with Crippen molar-refractivity contribution in [1.82, 2.24) is 5.32 Å². The van der Waals surface area contributed by atoms with Crippen LogP contribution in [0.3, 0.4) is 0 Å². The lowest BCUT2D eigenvalue weighted by atomic mass is 9.63. The summed E-state index contributed by atoms with van der Waals surface area (Å²) in [6, 6.07) is 7.64. The minimum absolute atomic E-state index is 0.312. The fourth-order valence-corrected chi connectivity index (χ4v) is 3.43. The first kappa shape index (κ1) is 14.6. The fourth-order valence-electron chi connectivity index (χ4n) is 3.43. The van der Waals surface area contributed by atoms with Gasteiger partial charge in [0.1, 0.15) is 0 Å². The van der Waals surface area contributed by atoms with Gasteiger partial charge >= 0.3 is 0 Å². The Morgan fingerprint density at radius 2 is 1.63 bits per heavy atom. The first-order valence-electron chi connectivity index (χ1n) is 7.64. The van der Waals surface area contributed by atoms with Crippen LogP contribution in [0.1, 0.15) is 76.6 Å². The SMILES string of the molecule is CCC(NC)c1ccc2c(c1)C(C)(C)CCC2(C)C. The molecule has 0 fully saturated rings. The molecular weight excluding hydrogens is 230 g/mol. The molecule has 19 heavy (non-hydrogen) atoms. The van der Waals surface area contributed by atoms with Crippen molar-refractivity contribution in [2.45, 2.75) is 70.8 Å². The Labute approximate surface area is 118 Å². The second-order valence-electron chi connectivity index (χ2n) is 7.32. The number of rotatable bonds is 3. The first-order valence-corrected chi connectivity index (χ1v) is 7.64. The molecule has 1 heteroatoms. The second kappa shape index (κ2) is 4.94. The zero-order chi connectivity index (χ0) is 14.3. The highest BCUT2D eigenvalue weighted by molar-refractivity contribution is 5.44. The third kappa shape index (κ3) is 2.58. The van der Waals surface area contributed by atoms with Gasteiger partial charge in [-0.3, -0.25) is 0 Å². The molecule has 1 aromatic carbocycles. The molecule has 0 radical (unpaired) electrons. The summed E-state index contributed by atoms with van der Waals surface area (Å²) in [5, 5.41) is 3.42. The van der Waals surface area contributed by atoms with Gasteiger partial charge in [-0.25, -0.2) is 0 Å². The summed E-state index contributed by atoms with van der Waals surface area (Å²) in [5.41, 5.74) is 5.19. The normalized spacial score (nSPS) is 21.8. The van der Waals surface area contributed by atoms with E-state index in [1.54, 1.807) is 11.1 Å². The van der Waals surface area contributed by atoms with E-state index in [1.165, 1.54) is 18.4 Å². The van der Waals surface area contributed by atoms with Crippen LogP contribution in [0.4, 0.5) is 0 Å². The van der Waals surface area contributed by atoms with Crippen LogP contribution in [-0.2, 0) is 10.8 Å². The van der Waals surface area contributed by atoms with E-state index in [-0.39, 0.29) is 0 Å². The Morgan fingerprint density at radius 3 is 2.16 bits per heavy atom. The molecule has 1 aliphatic carbocycles. The van der Waals surface area contributed by atoms with Crippen molar-refractivity contribution in [2.24, 2.45) is 0 Å².